The molecule has 0 aliphatic heterocycles. The minimum atomic E-state index is -0.863. The zero-order chi connectivity index (χ0) is 23.8. The second-order valence-corrected chi connectivity index (χ2v) is 9.20. The largest absolute Gasteiger partial charge is 0.468 e. The molecule has 10 heteroatoms. The van der Waals surface area contributed by atoms with Gasteiger partial charge in [0.05, 0.1) is 39.0 Å². The van der Waals surface area contributed by atoms with E-state index in [-0.39, 0.29) is 21.6 Å². The quantitative estimate of drug-likeness (QED) is 0.323. The van der Waals surface area contributed by atoms with Crippen LogP contribution in [-0.4, -0.2) is 28.5 Å². The van der Waals surface area contributed by atoms with E-state index in [1.54, 1.807) is 24.3 Å². The molecule has 0 atom stereocenters. The Morgan fingerprint density at radius 3 is 2.71 bits per heavy atom. The molecule has 0 saturated carbocycles. The van der Waals surface area contributed by atoms with Crippen LogP contribution >= 0.6 is 22.7 Å². The number of benzene rings is 2. The first-order valence-electron chi connectivity index (χ1n) is 10.0. The normalized spacial score (nSPS) is 11.9. The van der Waals surface area contributed by atoms with Crippen LogP contribution in [0.1, 0.15) is 10.4 Å². The van der Waals surface area contributed by atoms with Crippen molar-refractivity contribution < 1.29 is 23.1 Å². The van der Waals surface area contributed by atoms with Crippen molar-refractivity contribution in [2.45, 2.75) is 6.54 Å². The third kappa shape index (κ3) is 4.02. The summed E-state index contributed by atoms with van der Waals surface area (Å²) in [6, 6.07) is 14.5. The predicted octanol–water partition coefficient (Wildman–Crippen LogP) is 5.17. The Hall–Kier alpha value is -3.76. The van der Waals surface area contributed by atoms with Crippen molar-refractivity contribution in [2.24, 2.45) is 4.99 Å². The van der Waals surface area contributed by atoms with Gasteiger partial charge in [0.25, 0.3) is 5.91 Å². The highest BCUT2D eigenvalue weighted by Crippen LogP contribution is 2.28. The molecule has 0 spiro atoms. The summed E-state index contributed by atoms with van der Waals surface area (Å²) in [5.41, 5.74) is 1.53. The summed E-state index contributed by atoms with van der Waals surface area (Å²) in [5, 5.41) is 2.52. The third-order valence-corrected chi connectivity index (χ3v) is 7.05. The second-order valence-electron chi connectivity index (χ2n) is 7.25. The Morgan fingerprint density at radius 2 is 1.94 bits per heavy atom. The molecule has 0 N–H and O–H groups in total. The summed E-state index contributed by atoms with van der Waals surface area (Å²) in [6.45, 7) is -0.386. The van der Waals surface area contributed by atoms with Crippen LogP contribution in [0, 0.1) is 11.6 Å². The molecule has 2 aromatic carbocycles. The monoisotopic (exact) mass is 495 g/mol. The van der Waals surface area contributed by atoms with Crippen molar-refractivity contribution in [3.8, 4) is 10.6 Å². The number of thiophene rings is 1. The van der Waals surface area contributed by atoms with E-state index in [1.807, 2.05) is 23.6 Å². The maximum atomic E-state index is 14.6. The fourth-order valence-corrected chi connectivity index (χ4v) is 5.36. The molecular weight excluding hydrogens is 480 g/mol. The van der Waals surface area contributed by atoms with E-state index in [4.69, 9.17) is 4.74 Å². The molecular formula is C24H15F2N3O3S2. The van der Waals surface area contributed by atoms with Gasteiger partial charge in [-0.2, -0.15) is 4.99 Å². The number of thiazole rings is 1. The van der Waals surface area contributed by atoms with Gasteiger partial charge in [-0.05, 0) is 29.6 Å². The molecule has 170 valence electrons. The molecule has 0 aliphatic carbocycles. The third-order valence-electron chi connectivity index (χ3n) is 5.13. The molecule has 6 nitrogen and oxygen atoms in total. The Labute approximate surface area is 199 Å². The van der Waals surface area contributed by atoms with Gasteiger partial charge in [-0.15, -0.1) is 11.3 Å². The molecule has 5 rings (SSSR count). The Morgan fingerprint density at radius 1 is 1.12 bits per heavy atom. The lowest BCUT2D eigenvalue weighted by molar-refractivity contribution is -0.141. The summed E-state index contributed by atoms with van der Waals surface area (Å²) < 4.78 is 34.6. The molecule has 3 heterocycles. The molecule has 0 unspecified atom stereocenters. The molecule has 5 aromatic rings. The van der Waals surface area contributed by atoms with E-state index in [0.717, 1.165) is 28.3 Å². The number of esters is 1. The number of carbonyl (C=O) groups is 2. The number of nitrogens with zero attached hydrogens (tertiary/aromatic N) is 3. The number of amides is 1. The van der Waals surface area contributed by atoms with Crippen LogP contribution in [0.3, 0.4) is 0 Å². The first-order valence-corrected chi connectivity index (χ1v) is 11.7. The van der Waals surface area contributed by atoms with Gasteiger partial charge in [0.15, 0.2) is 10.6 Å². The smallest absolute Gasteiger partial charge is 0.325 e. The molecule has 0 bridgehead atoms. The number of ether oxygens (including phenoxy) is 1. The van der Waals surface area contributed by atoms with Gasteiger partial charge >= 0.3 is 5.97 Å². The van der Waals surface area contributed by atoms with Crippen LogP contribution in [0.25, 0.3) is 31.7 Å². The molecule has 1 amide bonds. The summed E-state index contributed by atoms with van der Waals surface area (Å²) in [4.78, 5) is 35.2. The zero-order valence-corrected chi connectivity index (χ0v) is 19.3. The average Bonchev–Trinajstić information content (AvgIpc) is 3.47. The SMILES string of the molecule is COC(=O)Cn1c(=NC(=O)c2cc(-c3cccs3)nc3ccccc23)sc2cc(F)cc(F)c21. The molecule has 0 radical (unpaired) electrons. The number of pyridine rings is 1. The van der Waals surface area contributed by atoms with Crippen LogP contribution in [0.4, 0.5) is 8.78 Å². The van der Waals surface area contributed by atoms with Crippen molar-refractivity contribution in [3.63, 3.8) is 0 Å². The van der Waals surface area contributed by atoms with Gasteiger partial charge in [0.1, 0.15) is 12.4 Å². The number of fused-ring (bicyclic) bond motifs is 2. The van der Waals surface area contributed by atoms with Gasteiger partial charge in [-0.1, -0.05) is 35.6 Å². The Balaban J connectivity index is 1.73. The van der Waals surface area contributed by atoms with Crippen LogP contribution in [0.15, 0.2) is 65.0 Å². The first-order chi connectivity index (χ1) is 16.4. The Bertz CT molecular complexity index is 1640. The number of rotatable bonds is 4. The summed E-state index contributed by atoms with van der Waals surface area (Å²) >= 11 is 2.40. The maximum Gasteiger partial charge on any atom is 0.325 e. The van der Waals surface area contributed by atoms with E-state index >= 15 is 0 Å². The number of hydrogen-bond donors (Lipinski definition) is 0. The lowest BCUT2D eigenvalue weighted by Gasteiger charge is -2.07. The van der Waals surface area contributed by atoms with E-state index in [0.29, 0.717) is 22.2 Å². The number of methoxy groups -OCH3 is 1. The van der Waals surface area contributed by atoms with Gasteiger partial charge < -0.3 is 9.30 Å². The van der Waals surface area contributed by atoms with E-state index < -0.39 is 23.5 Å². The fourth-order valence-electron chi connectivity index (χ4n) is 3.60. The molecule has 0 aliphatic rings. The highest BCUT2D eigenvalue weighted by molar-refractivity contribution is 7.16. The number of halogens is 2. The summed E-state index contributed by atoms with van der Waals surface area (Å²) in [7, 11) is 1.20. The highest BCUT2D eigenvalue weighted by atomic mass is 32.1. The second kappa shape index (κ2) is 8.88. The minimum Gasteiger partial charge on any atom is -0.468 e. The molecule has 0 fully saturated rings. The lowest BCUT2D eigenvalue weighted by atomic mass is 10.1. The summed E-state index contributed by atoms with van der Waals surface area (Å²) in [6.07, 6.45) is 0. The van der Waals surface area contributed by atoms with Crippen LogP contribution in [-0.2, 0) is 16.1 Å². The van der Waals surface area contributed by atoms with E-state index in [9.17, 15) is 18.4 Å². The fraction of sp³-hybridized carbons (Fsp3) is 0.0833. The minimum absolute atomic E-state index is 0.0257. The van der Waals surface area contributed by atoms with Crippen molar-refractivity contribution in [1.82, 2.24) is 9.55 Å². The molecule has 34 heavy (non-hydrogen) atoms. The van der Waals surface area contributed by atoms with Crippen molar-refractivity contribution in [3.05, 3.63) is 82.0 Å². The number of hydrogen-bond acceptors (Lipinski definition) is 6. The first kappa shape index (κ1) is 22.1. The van der Waals surface area contributed by atoms with Crippen LogP contribution < -0.4 is 4.80 Å². The zero-order valence-electron chi connectivity index (χ0n) is 17.6. The standard InChI is InChI=1S/C24H15F2N3O3S2/c1-32-21(30)12-29-22-16(26)9-13(25)10-20(22)34-24(29)28-23(31)15-11-18(19-7-4-8-33-19)27-17-6-3-2-5-14(15)17/h2-11H,12H2,1H3. The Kier molecular flexibility index (Phi) is 5.76. The summed E-state index contributed by atoms with van der Waals surface area (Å²) in [5.74, 6) is -2.89. The number of carbonyl (C=O) groups excluding carboxylic acids is 2. The molecule has 0 saturated heterocycles. The number of para-hydroxylation sites is 1. The van der Waals surface area contributed by atoms with Crippen molar-refractivity contribution in [1.29, 1.82) is 0 Å². The van der Waals surface area contributed by atoms with Gasteiger partial charge in [-0.25, -0.2) is 13.8 Å². The van der Waals surface area contributed by atoms with E-state index in [1.165, 1.54) is 23.0 Å². The maximum absolute atomic E-state index is 14.6. The van der Waals surface area contributed by atoms with Gasteiger partial charge in [0.2, 0.25) is 0 Å². The van der Waals surface area contributed by atoms with Gasteiger partial charge in [-0.3, -0.25) is 9.59 Å². The van der Waals surface area contributed by atoms with Crippen molar-refractivity contribution in [2.75, 3.05) is 7.11 Å². The van der Waals surface area contributed by atoms with Crippen molar-refractivity contribution >= 4 is 55.7 Å². The lowest BCUT2D eigenvalue weighted by Crippen LogP contribution is -2.23. The average molecular weight is 496 g/mol. The van der Waals surface area contributed by atoms with E-state index in [2.05, 4.69) is 9.98 Å². The highest BCUT2D eigenvalue weighted by Gasteiger charge is 2.18. The topological polar surface area (TPSA) is 73.6 Å². The van der Waals surface area contributed by atoms with Crippen LogP contribution in [0.5, 0.6) is 0 Å². The predicted molar refractivity (Wildman–Crippen MR) is 127 cm³/mol. The van der Waals surface area contributed by atoms with Crippen LogP contribution in [0.2, 0.25) is 0 Å². The van der Waals surface area contributed by atoms with Gasteiger partial charge in [0, 0.05) is 11.5 Å². The molecule has 3 aromatic heterocycles. The number of aromatic nitrogens is 2.